The lowest BCUT2D eigenvalue weighted by atomic mass is 9.91. The van der Waals surface area contributed by atoms with E-state index in [1.165, 1.54) is 38.1 Å². The SMILES string of the molecule is C=C(C)C(=O)OC(OC(=O)C(=C)C)C(Cc1ccc(O)cc1)c1ccc(O)cc1. The van der Waals surface area contributed by atoms with Crippen LogP contribution < -0.4 is 0 Å². The number of aromatic hydroxyl groups is 2. The number of carbonyl (C=O) groups is 2. The van der Waals surface area contributed by atoms with Crippen LogP contribution >= 0.6 is 0 Å². The van der Waals surface area contributed by atoms with Gasteiger partial charge in [-0.2, -0.15) is 0 Å². The van der Waals surface area contributed by atoms with E-state index in [2.05, 4.69) is 13.2 Å². The van der Waals surface area contributed by atoms with Gasteiger partial charge in [-0.25, -0.2) is 9.59 Å². The van der Waals surface area contributed by atoms with Crippen LogP contribution in [0.5, 0.6) is 11.5 Å². The molecule has 0 aliphatic rings. The van der Waals surface area contributed by atoms with Gasteiger partial charge in [0, 0.05) is 11.1 Å². The molecule has 0 amide bonds. The van der Waals surface area contributed by atoms with Gasteiger partial charge < -0.3 is 19.7 Å². The molecule has 1 atom stereocenters. The van der Waals surface area contributed by atoms with Gasteiger partial charge in [0.15, 0.2) is 0 Å². The monoisotopic (exact) mass is 396 g/mol. The summed E-state index contributed by atoms with van der Waals surface area (Å²) in [5.74, 6) is -1.77. The van der Waals surface area contributed by atoms with Crippen molar-refractivity contribution in [3.8, 4) is 11.5 Å². The first-order valence-corrected chi connectivity index (χ1v) is 8.97. The minimum absolute atomic E-state index is 0.0755. The molecule has 0 saturated heterocycles. The van der Waals surface area contributed by atoms with Crippen molar-refractivity contribution < 1.29 is 29.3 Å². The molecule has 2 N–H and O–H groups in total. The van der Waals surface area contributed by atoms with Gasteiger partial charge in [-0.15, -0.1) is 0 Å². The van der Waals surface area contributed by atoms with Crippen LogP contribution in [0.3, 0.4) is 0 Å². The van der Waals surface area contributed by atoms with Gasteiger partial charge in [0.1, 0.15) is 11.5 Å². The second kappa shape index (κ2) is 9.59. The summed E-state index contributed by atoms with van der Waals surface area (Å²) in [6.07, 6.45) is -0.912. The average molecular weight is 396 g/mol. The lowest BCUT2D eigenvalue weighted by Gasteiger charge is -2.27. The Bertz CT molecular complexity index is 868. The van der Waals surface area contributed by atoms with E-state index in [1.54, 1.807) is 24.3 Å². The summed E-state index contributed by atoms with van der Waals surface area (Å²) in [5, 5.41) is 19.1. The topological polar surface area (TPSA) is 93.1 Å². The lowest BCUT2D eigenvalue weighted by Crippen LogP contribution is -2.32. The molecule has 29 heavy (non-hydrogen) atoms. The number of rotatable bonds is 8. The molecule has 0 bridgehead atoms. The highest BCUT2D eigenvalue weighted by molar-refractivity contribution is 5.88. The molecule has 0 aliphatic carbocycles. The smallest absolute Gasteiger partial charge is 0.336 e. The van der Waals surface area contributed by atoms with E-state index in [1.807, 2.05) is 0 Å². The highest BCUT2D eigenvalue weighted by atomic mass is 16.7. The number of hydrogen-bond acceptors (Lipinski definition) is 6. The minimum atomic E-state index is -1.25. The molecule has 152 valence electrons. The molecule has 6 nitrogen and oxygen atoms in total. The van der Waals surface area contributed by atoms with E-state index in [9.17, 15) is 19.8 Å². The quantitative estimate of drug-likeness (QED) is 0.398. The molecule has 0 fully saturated rings. The molecule has 0 heterocycles. The van der Waals surface area contributed by atoms with E-state index < -0.39 is 24.1 Å². The molecule has 0 radical (unpaired) electrons. The Morgan fingerprint density at radius 2 is 1.24 bits per heavy atom. The predicted molar refractivity (Wildman–Crippen MR) is 108 cm³/mol. The van der Waals surface area contributed by atoms with Crippen molar-refractivity contribution in [1.82, 2.24) is 0 Å². The Balaban J connectivity index is 2.45. The summed E-state index contributed by atoms with van der Waals surface area (Å²) >= 11 is 0. The first-order valence-electron chi connectivity index (χ1n) is 8.97. The third-order valence-corrected chi connectivity index (χ3v) is 4.19. The van der Waals surface area contributed by atoms with Crippen LogP contribution in [0, 0.1) is 0 Å². The van der Waals surface area contributed by atoms with Crippen LogP contribution in [-0.2, 0) is 25.5 Å². The van der Waals surface area contributed by atoms with Crippen molar-refractivity contribution in [2.75, 3.05) is 0 Å². The van der Waals surface area contributed by atoms with Gasteiger partial charge in [0.25, 0.3) is 6.29 Å². The zero-order chi connectivity index (χ0) is 21.6. The highest BCUT2D eigenvalue weighted by Crippen LogP contribution is 2.30. The third kappa shape index (κ3) is 6.24. The molecule has 2 aromatic rings. The molecule has 2 rings (SSSR count). The van der Waals surface area contributed by atoms with Crippen molar-refractivity contribution >= 4 is 11.9 Å². The maximum Gasteiger partial charge on any atom is 0.336 e. The maximum atomic E-state index is 12.2. The summed E-state index contributed by atoms with van der Waals surface area (Å²) in [5.41, 5.74) is 1.83. The van der Waals surface area contributed by atoms with Crippen LogP contribution in [0.25, 0.3) is 0 Å². The second-order valence-electron chi connectivity index (χ2n) is 6.81. The number of hydrogen-bond donors (Lipinski definition) is 2. The van der Waals surface area contributed by atoms with E-state index in [4.69, 9.17) is 9.47 Å². The zero-order valence-corrected chi connectivity index (χ0v) is 16.4. The van der Waals surface area contributed by atoms with Crippen molar-refractivity contribution in [3.63, 3.8) is 0 Å². The summed E-state index contributed by atoms with van der Waals surface area (Å²) < 4.78 is 10.9. The van der Waals surface area contributed by atoms with Crippen LogP contribution in [0.1, 0.15) is 30.9 Å². The number of benzene rings is 2. The first-order chi connectivity index (χ1) is 13.7. The van der Waals surface area contributed by atoms with Gasteiger partial charge in [0.05, 0.1) is 5.92 Å². The Morgan fingerprint density at radius 1 is 0.828 bits per heavy atom. The van der Waals surface area contributed by atoms with Crippen molar-refractivity contribution in [2.24, 2.45) is 0 Å². The molecule has 1 unspecified atom stereocenters. The average Bonchev–Trinajstić information content (AvgIpc) is 2.67. The summed E-state index contributed by atoms with van der Waals surface area (Å²) in [6.45, 7) is 10.1. The number of esters is 2. The molecule has 0 spiro atoms. The molecule has 0 aliphatic heterocycles. The van der Waals surface area contributed by atoms with Gasteiger partial charge in [-0.1, -0.05) is 37.4 Å². The van der Waals surface area contributed by atoms with E-state index in [0.717, 1.165) is 5.56 Å². The number of phenols is 2. The largest absolute Gasteiger partial charge is 0.508 e. The fourth-order valence-corrected chi connectivity index (χ4v) is 2.58. The van der Waals surface area contributed by atoms with Gasteiger partial charge in [-0.3, -0.25) is 0 Å². The van der Waals surface area contributed by atoms with E-state index in [-0.39, 0.29) is 22.6 Å². The van der Waals surface area contributed by atoms with Crippen LogP contribution in [0.15, 0.2) is 72.8 Å². The first kappa shape index (κ1) is 21.8. The van der Waals surface area contributed by atoms with Crippen LogP contribution in [-0.4, -0.2) is 28.4 Å². The Hall–Kier alpha value is -3.54. The summed E-state index contributed by atoms with van der Waals surface area (Å²) in [7, 11) is 0. The van der Waals surface area contributed by atoms with Gasteiger partial charge in [-0.05, 0) is 55.7 Å². The normalized spacial score (nSPS) is 11.6. The molecule has 0 aromatic heterocycles. The highest BCUT2D eigenvalue weighted by Gasteiger charge is 2.31. The summed E-state index contributed by atoms with van der Waals surface area (Å²) in [4.78, 5) is 24.4. The number of ether oxygens (including phenoxy) is 2. The van der Waals surface area contributed by atoms with Crippen LogP contribution in [0.4, 0.5) is 0 Å². The van der Waals surface area contributed by atoms with Crippen LogP contribution in [0.2, 0.25) is 0 Å². The molecule has 2 aromatic carbocycles. The Kier molecular flexibility index (Phi) is 7.20. The third-order valence-electron chi connectivity index (χ3n) is 4.19. The predicted octanol–water partition coefficient (Wildman–Crippen LogP) is 3.99. The lowest BCUT2D eigenvalue weighted by molar-refractivity contribution is -0.186. The van der Waals surface area contributed by atoms with Crippen molar-refractivity contribution in [3.05, 3.63) is 84.0 Å². The standard InChI is InChI=1S/C23H24O6/c1-14(2)21(26)28-23(29-22(27)15(3)4)20(17-7-11-19(25)12-8-17)13-16-5-9-18(24)10-6-16/h5-12,20,23-25H,1,3,13H2,2,4H3. The van der Waals surface area contributed by atoms with E-state index >= 15 is 0 Å². The number of phenolic OH excluding ortho intramolecular Hbond substituents is 2. The fraction of sp³-hybridized carbons (Fsp3) is 0.217. The molecule has 6 heteroatoms. The summed E-state index contributed by atoms with van der Waals surface area (Å²) in [6, 6.07) is 12.8. The number of carbonyl (C=O) groups excluding carboxylic acids is 2. The van der Waals surface area contributed by atoms with Gasteiger partial charge >= 0.3 is 11.9 Å². The molecular formula is C23H24O6. The molecular weight excluding hydrogens is 372 g/mol. The van der Waals surface area contributed by atoms with Crippen molar-refractivity contribution in [1.29, 1.82) is 0 Å². The second-order valence-corrected chi connectivity index (χ2v) is 6.81. The van der Waals surface area contributed by atoms with Crippen molar-refractivity contribution in [2.45, 2.75) is 32.5 Å². The minimum Gasteiger partial charge on any atom is -0.508 e. The zero-order valence-electron chi connectivity index (χ0n) is 16.4. The fourth-order valence-electron chi connectivity index (χ4n) is 2.58. The van der Waals surface area contributed by atoms with Gasteiger partial charge in [0.2, 0.25) is 0 Å². The Labute approximate surface area is 169 Å². The van der Waals surface area contributed by atoms with E-state index in [0.29, 0.717) is 12.0 Å². The Morgan fingerprint density at radius 3 is 1.66 bits per heavy atom. The maximum absolute atomic E-state index is 12.2. The molecule has 0 saturated carbocycles.